The Morgan fingerprint density at radius 1 is 1.42 bits per heavy atom. The normalized spacial score (nSPS) is 18.4. The first-order valence-electron chi connectivity index (χ1n) is 6.78. The Morgan fingerprint density at radius 3 is 2.68 bits per heavy atom. The zero-order valence-electron chi connectivity index (χ0n) is 11.7. The Labute approximate surface area is 114 Å². The summed E-state index contributed by atoms with van der Waals surface area (Å²) in [6.07, 6.45) is 1.72. The number of nitrogens with two attached hydrogens (primary N) is 1. The number of rotatable bonds is 3. The van der Waals surface area contributed by atoms with Gasteiger partial charge >= 0.3 is 0 Å². The van der Waals surface area contributed by atoms with Crippen LogP contribution >= 0.6 is 0 Å². The van der Waals surface area contributed by atoms with Crippen LogP contribution in [0.4, 0.5) is 0 Å². The monoisotopic (exact) mass is 262 g/mol. The van der Waals surface area contributed by atoms with Crippen molar-refractivity contribution in [2.45, 2.75) is 19.9 Å². The molecule has 5 heteroatoms. The molecule has 2 heterocycles. The standard InChI is InChI=1S/C14H22N4O/c1-11(10-15)17-6-8-18(9-7-17)14(19)13-4-3-5-16-12(13)2/h3-5,11H,6-10,15H2,1-2H3. The van der Waals surface area contributed by atoms with Crippen molar-refractivity contribution in [2.75, 3.05) is 32.7 Å². The van der Waals surface area contributed by atoms with Crippen molar-refractivity contribution in [3.63, 3.8) is 0 Å². The summed E-state index contributed by atoms with van der Waals surface area (Å²) < 4.78 is 0. The third-order valence-corrected chi connectivity index (χ3v) is 3.80. The number of piperazine rings is 1. The van der Waals surface area contributed by atoms with Crippen molar-refractivity contribution >= 4 is 5.91 Å². The van der Waals surface area contributed by atoms with E-state index in [0.29, 0.717) is 18.2 Å². The van der Waals surface area contributed by atoms with E-state index in [2.05, 4.69) is 16.8 Å². The van der Waals surface area contributed by atoms with Crippen LogP contribution in [0.1, 0.15) is 23.0 Å². The van der Waals surface area contributed by atoms with Crippen LogP contribution in [0.25, 0.3) is 0 Å². The van der Waals surface area contributed by atoms with Crippen LogP contribution in [0.3, 0.4) is 0 Å². The SMILES string of the molecule is Cc1ncccc1C(=O)N1CCN(C(C)CN)CC1. The Bertz CT molecular complexity index is 441. The average Bonchev–Trinajstić information content (AvgIpc) is 2.46. The molecule has 0 saturated carbocycles. The molecule has 1 atom stereocenters. The molecule has 2 rings (SSSR count). The molecule has 1 aliphatic rings. The second-order valence-electron chi connectivity index (χ2n) is 5.05. The minimum absolute atomic E-state index is 0.0886. The number of amides is 1. The number of aromatic nitrogens is 1. The van der Waals surface area contributed by atoms with Crippen LogP contribution in [0.2, 0.25) is 0 Å². The number of carbonyl (C=O) groups excluding carboxylic acids is 1. The molecule has 0 bridgehead atoms. The largest absolute Gasteiger partial charge is 0.336 e. The Morgan fingerprint density at radius 2 is 2.11 bits per heavy atom. The first kappa shape index (κ1) is 14.0. The van der Waals surface area contributed by atoms with Crippen LogP contribution in [0, 0.1) is 6.92 Å². The molecule has 0 aromatic carbocycles. The molecule has 1 aliphatic heterocycles. The minimum atomic E-state index is 0.0886. The summed E-state index contributed by atoms with van der Waals surface area (Å²) in [7, 11) is 0. The number of carbonyl (C=O) groups is 1. The van der Waals surface area contributed by atoms with Gasteiger partial charge in [-0.3, -0.25) is 14.7 Å². The summed E-state index contributed by atoms with van der Waals surface area (Å²) >= 11 is 0. The predicted molar refractivity (Wildman–Crippen MR) is 75.0 cm³/mol. The molecular weight excluding hydrogens is 240 g/mol. The zero-order valence-corrected chi connectivity index (χ0v) is 11.7. The molecule has 1 amide bonds. The van der Waals surface area contributed by atoms with Crippen molar-refractivity contribution in [2.24, 2.45) is 5.73 Å². The highest BCUT2D eigenvalue weighted by Crippen LogP contribution is 2.12. The Kier molecular flexibility index (Phi) is 4.50. The number of hydrogen-bond acceptors (Lipinski definition) is 4. The van der Waals surface area contributed by atoms with Crippen LogP contribution in [0.5, 0.6) is 0 Å². The van der Waals surface area contributed by atoms with Crippen LogP contribution in [-0.2, 0) is 0 Å². The summed E-state index contributed by atoms with van der Waals surface area (Å²) in [5.74, 6) is 0.0886. The highest BCUT2D eigenvalue weighted by molar-refractivity contribution is 5.95. The number of nitrogens with zero attached hydrogens (tertiary/aromatic N) is 3. The summed E-state index contributed by atoms with van der Waals surface area (Å²) in [5.41, 5.74) is 7.19. The summed E-state index contributed by atoms with van der Waals surface area (Å²) in [4.78, 5) is 20.8. The quantitative estimate of drug-likeness (QED) is 0.861. The Hall–Kier alpha value is -1.46. The van der Waals surface area contributed by atoms with Crippen LogP contribution in [-0.4, -0.2) is 59.5 Å². The molecule has 0 spiro atoms. The van der Waals surface area contributed by atoms with Crippen molar-refractivity contribution < 1.29 is 4.79 Å². The van der Waals surface area contributed by atoms with Gasteiger partial charge in [-0.1, -0.05) is 0 Å². The minimum Gasteiger partial charge on any atom is -0.336 e. The van der Waals surface area contributed by atoms with Crippen LogP contribution in [0.15, 0.2) is 18.3 Å². The Balaban J connectivity index is 1.98. The summed E-state index contributed by atoms with van der Waals surface area (Å²) in [6, 6.07) is 4.05. The first-order valence-corrected chi connectivity index (χ1v) is 6.78. The maximum Gasteiger partial charge on any atom is 0.255 e. The smallest absolute Gasteiger partial charge is 0.255 e. The van der Waals surface area contributed by atoms with Gasteiger partial charge in [0.05, 0.1) is 5.56 Å². The molecule has 1 fully saturated rings. The van der Waals surface area contributed by atoms with Gasteiger partial charge in [0.25, 0.3) is 5.91 Å². The first-order chi connectivity index (χ1) is 9.13. The fourth-order valence-corrected chi connectivity index (χ4v) is 2.40. The average molecular weight is 262 g/mol. The maximum absolute atomic E-state index is 12.4. The molecule has 1 saturated heterocycles. The molecule has 2 N–H and O–H groups in total. The van der Waals surface area contributed by atoms with E-state index < -0.39 is 0 Å². The zero-order chi connectivity index (χ0) is 13.8. The number of pyridine rings is 1. The summed E-state index contributed by atoms with van der Waals surface area (Å²) in [5, 5.41) is 0. The fraction of sp³-hybridized carbons (Fsp3) is 0.571. The van der Waals surface area contributed by atoms with E-state index in [0.717, 1.165) is 31.9 Å². The lowest BCUT2D eigenvalue weighted by Crippen LogP contribution is -2.52. The number of hydrogen-bond donors (Lipinski definition) is 1. The van der Waals surface area contributed by atoms with E-state index in [9.17, 15) is 4.79 Å². The second kappa shape index (κ2) is 6.12. The predicted octanol–water partition coefficient (Wildman–Crippen LogP) is 0.495. The van der Waals surface area contributed by atoms with Gasteiger partial charge < -0.3 is 10.6 Å². The van der Waals surface area contributed by atoms with E-state index in [4.69, 9.17) is 5.73 Å². The van der Waals surface area contributed by atoms with E-state index in [1.165, 1.54) is 0 Å². The van der Waals surface area contributed by atoms with Crippen molar-refractivity contribution in [3.05, 3.63) is 29.6 Å². The molecule has 5 nitrogen and oxygen atoms in total. The lowest BCUT2D eigenvalue weighted by molar-refractivity contribution is 0.0588. The molecule has 104 valence electrons. The third kappa shape index (κ3) is 3.11. The van der Waals surface area contributed by atoms with Crippen molar-refractivity contribution in [1.29, 1.82) is 0 Å². The van der Waals surface area contributed by atoms with E-state index in [1.54, 1.807) is 6.20 Å². The lowest BCUT2D eigenvalue weighted by atomic mass is 10.1. The topological polar surface area (TPSA) is 62.5 Å². The molecule has 1 aromatic rings. The van der Waals surface area contributed by atoms with Gasteiger partial charge in [0.1, 0.15) is 0 Å². The van der Waals surface area contributed by atoms with E-state index >= 15 is 0 Å². The summed E-state index contributed by atoms with van der Waals surface area (Å²) in [6.45, 7) is 7.97. The second-order valence-corrected chi connectivity index (χ2v) is 5.05. The molecule has 0 aliphatic carbocycles. The van der Waals surface area contributed by atoms with Crippen molar-refractivity contribution in [1.82, 2.24) is 14.8 Å². The van der Waals surface area contributed by atoms with Gasteiger partial charge in [0, 0.05) is 50.7 Å². The van der Waals surface area contributed by atoms with Gasteiger partial charge in [-0.2, -0.15) is 0 Å². The van der Waals surface area contributed by atoms with Crippen molar-refractivity contribution in [3.8, 4) is 0 Å². The third-order valence-electron chi connectivity index (χ3n) is 3.80. The molecule has 0 radical (unpaired) electrons. The lowest BCUT2D eigenvalue weighted by Gasteiger charge is -2.37. The van der Waals surface area contributed by atoms with Gasteiger partial charge in [-0.25, -0.2) is 0 Å². The van der Waals surface area contributed by atoms with E-state index in [-0.39, 0.29) is 5.91 Å². The van der Waals surface area contributed by atoms with Crippen LogP contribution < -0.4 is 5.73 Å². The van der Waals surface area contributed by atoms with Gasteiger partial charge in [0.2, 0.25) is 0 Å². The molecule has 1 aromatic heterocycles. The molecule has 1 unspecified atom stereocenters. The maximum atomic E-state index is 12.4. The number of aryl methyl sites for hydroxylation is 1. The molecule has 19 heavy (non-hydrogen) atoms. The van der Waals surface area contributed by atoms with Gasteiger partial charge in [0.15, 0.2) is 0 Å². The molecular formula is C14H22N4O. The highest BCUT2D eigenvalue weighted by Gasteiger charge is 2.24. The van der Waals surface area contributed by atoms with Gasteiger partial charge in [-0.05, 0) is 26.0 Å². The highest BCUT2D eigenvalue weighted by atomic mass is 16.2. The fourth-order valence-electron chi connectivity index (χ4n) is 2.40. The van der Waals surface area contributed by atoms with E-state index in [1.807, 2.05) is 24.0 Å². The van der Waals surface area contributed by atoms with Gasteiger partial charge in [-0.15, -0.1) is 0 Å².